The van der Waals surface area contributed by atoms with Gasteiger partial charge in [-0.25, -0.2) is 0 Å². The molecular weight excluding hydrogens is 214 g/mol. The van der Waals surface area contributed by atoms with Crippen LogP contribution in [-0.4, -0.2) is 38.5 Å². The lowest BCUT2D eigenvalue weighted by atomic mass is 9.95. The number of hydrogen-bond donors (Lipinski definition) is 1. The number of ether oxygens (including phenoxy) is 2. The molecule has 0 atom stereocenters. The molecule has 1 N–H and O–H groups in total. The molecule has 0 bridgehead atoms. The molecule has 0 rings (SSSR count). The zero-order chi connectivity index (χ0) is 13.4. The van der Waals surface area contributed by atoms with Crippen molar-refractivity contribution in [2.24, 2.45) is 5.41 Å². The Hall–Kier alpha value is -0.120. The van der Waals surface area contributed by atoms with Crippen molar-refractivity contribution >= 4 is 0 Å². The van der Waals surface area contributed by atoms with E-state index in [-0.39, 0.29) is 11.0 Å². The lowest BCUT2D eigenvalue weighted by Gasteiger charge is -2.25. The first kappa shape index (κ1) is 16.9. The predicted octanol–water partition coefficient (Wildman–Crippen LogP) is 2.84. The molecule has 0 amide bonds. The first-order chi connectivity index (χ1) is 7.77. The van der Waals surface area contributed by atoms with E-state index >= 15 is 0 Å². The maximum atomic E-state index is 5.66. The molecule has 0 aliphatic rings. The molecule has 0 aliphatic heterocycles. The average Bonchev–Trinajstić information content (AvgIpc) is 2.15. The fourth-order valence-electron chi connectivity index (χ4n) is 1.41. The lowest BCUT2D eigenvalue weighted by molar-refractivity contribution is -0.0451. The van der Waals surface area contributed by atoms with Crippen LogP contribution in [0, 0.1) is 5.41 Å². The smallest absolute Gasteiger partial charge is 0.0707 e. The molecule has 3 nitrogen and oxygen atoms in total. The van der Waals surface area contributed by atoms with Crippen LogP contribution in [0.4, 0.5) is 0 Å². The standard InChI is InChI=1S/C14H31NO2/c1-7-8-15-11-14(5,6)12-16-9-10-17-13(2,3)4/h15H,7-12H2,1-6H3. The van der Waals surface area contributed by atoms with Gasteiger partial charge in [-0.1, -0.05) is 20.8 Å². The first-order valence-electron chi connectivity index (χ1n) is 6.69. The van der Waals surface area contributed by atoms with E-state index in [1.54, 1.807) is 0 Å². The van der Waals surface area contributed by atoms with Gasteiger partial charge in [-0.3, -0.25) is 0 Å². The van der Waals surface area contributed by atoms with E-state index in [2.05, 4.69) is 46.9 Å². The van der Waals surface area contributed by atoms with Crippen molar-refractivity contribution in [3.05, 3.63) is 0 Å². The van der Waals surface area contributed by atoms with Crippen LogP contribution in [0.5, 0.6) is 0 Å². The molecule has 3 heteroatoms. The summed E-state index contributed by atoms with van der Waals surface area (Å²) in [5.74, 6) is 0. The molecule has 0 spiro atoms. The van der Waals surface area contributed by atoms with Gasteiger partial charge >= 0.3 is 0 Å². The van der Waals surface area contributed by atoms with Crippen molar-refractivity contribution < 1.29 is 9.47 Å². The summed E-state index contributed by atoms with van der Waals surface area (Å²) in [6.07, 6.45) is 1.18. The van der Waals surface area contributed by atoms with Gasteiger partial charge in [-0.15, -0.1) is 0 Å². The van der Waals surface area contributed by atoms with E-state index < -0.39 is 0 Å². The predicted molar refractivity (Wildman–Crippen MR) is 73.5 cm³/mol. The van der Waals surface area contributed by atoms with Crippen molar-refractivity contribution in [3.63, 3.8) is 0 Å². The maximum absolute atomic E-state index is 5.66. The Morgan fingerprint density at radius 2 is 1.65 bits per heavy atom. The average molecular weight is 245 g/mol. The van der Waals surface area contributed by atoms with Gasteiger partial charge in [0.1, 0.15) is 0 Å². The lowest BCUT2D eigenvalue weighted by Crippen LogP contribution is -2.34. The zero-order valence-electron chi connectivity index (χ0n) is 12.6. The highest BCUT2D eigenvalue weighted by Crippen LogP contribution is 2.14. The minimum atomic E-state index is -0.0679. The van der Waals surface area contributed by atoms with Crippen molar-refractivity contribution in [2.45, 2.75) is 53.6 Å². The van der Waals surface area contributed by atoms with Crippen LogP contribution < -0.4 is 5.32 Å². The van der Waals surface area contributed by atoms with Gasteiger partial charge in [0.2, 0.25) is 0 Å². The minimum absolute atomic E-state index is 0.0679. The van der Waals surface area contributed by atoms with E-state index in [0.717, 1.165) is 19.7 Å². The Morgan fingerprint density at radius 1 is 1.00 bits per heavy atom. The topological polar surface area (TPSA) is 30.5 Å². The molecule has 17 heavy (non-hydrogen) atoms. The van der Waals surface area contributed by atoms with Gasteiger partial charge in [-0.05, 0) is 33.7 Å². The summed E-state index contributed by atoms with van der Waals surface area (Å²) in [6, 6.07) is 0. The highest BCUT2D eigenvalue weighted by atomic mass is 16.5. The van der Waals surface area contributed by atoms with Gasteiger partial charge < -0.3 is 14.8 Å². The summed E-state index contributed by atoms with van der Waals surface area (Å²) in [5, 5.41) is 3.43. The Labute approximate surface area is 107 Å². The summed E-state index contributed by atoms with van der Waals surface area (Å²) in [4.78, 5) is 0. The summed E-state index contributed by atoms with van der Waals surface area (Å²) in [7, 11) is 0. The molecule has 0 aromatic rings. The van der Waals surface area contributed by atoms with E-state index in [4.69, 9.17) is 9.47 Å². The molecule has 0 aliphatic carbocycles. The largest absolute Gasteiger partial charge is 0.378 e. The highest BCUT2D eigenvalue weighted by Gasteiger charge is 2.17. The van der Waals surface area contributed by atoms with Crippen LogP contribution in [0.25, 0.3) is 0 Å². The molecule has 0 aromatic heterocycles. The van der Waals surface area contributed by atoms with Gasteiger partial charge in [0, 0.05) is 12.0 Å². The second kappa shape index (κ2) is 8.06. The van der Waals surface area contributed by atoms with Gasteiger partial charge in [0.25, 0.3) is 0 Å². The molecule has 0 aromatic carbocycles. The fourth-order valence-corrected chi connectivity index (χ4v) is 1.41. The van der Waals surface area contributed by atoms with E-state index in [0.29, 0.717) is 13.2 Å². The van der Waals surface area contributed by atoms with Crippen LogP contribution in [0.3, 0.4) is 0 Å². The molecule has 0 fully saturated rings. The third-order valence-corrected chi connectivity index (χ3v) is 2.29. The van der Waals surface area contributed by atoms with E-state index in [9.17, 15) is 0 Å². The zero-order valence-corrected chi connectivity index (χ0v) is 12.6. The molecule has 0 saturated heterocycles. The summed E-state index contributed by atoms with van der Waals surface area (Å²) in [5.41, 5.74) is 0.123. The third kappa shape index (κ3) is 12.1. The molecule has 0 unspecified atom stereocenters. The number of hydrogen-bond acceptors (Lipinski definition) is 3. The van der Waals surface area contributed by atoms with E-state index in [1.807, 2.05) is 0 Å². The van der Waals surface area contributed by atoms with Crippen molar-refractivity contribution in [1.82, 2.24) is 5.32 Å². The van der Waals surface area contributed by atoms with Crippen LogP contribution >= 0.6 is 0 Å². The Bertz CT molecular complexity index is 185. The molecule has 0 radical (unpaired) electrons. The Morgan fingerprint density at radius 3 is 2.18 bits per heavy atom. The Kier molecular flexibility index (Phi) is 8.01. The quantitative estimate of drug-likeness (QED) is 0.634. The molecule has 0 heterocycles. The summed E-state index contributed by atoms with van der Waals surface area (Å²) >= 11 is 0. The summed E-state index contributed by atoms with van der Waals surface area (Å²) in [6.45, 7) is 17.0. The Balaban J connectivity index is 3.51. The third-order valence-electron chi connectivity index (χ3n) is 2.29. The number of nitrogens with one attached hydrogen (secondary N) is 1. The normalized spacial score (nSPS) is 13.1. The minimum Gasteiger partial charge on any atom is -0.378 e. The second-order valence-electron chi connectivity index (χ2n) is 6.35. The highest BCUT2D eigenvalue weighted by molar-refractivity contribution is 4.70. The van der Waals surface area contributed by atoms with E-state index in [1.165, 1.54) is 6.42 Å². The SMILES string of the molecule is CCCNCC(C)(C)COCCOC(C)(C)C. The van der Waals surface area contributed by atoms with Crippen LogP contribution in [0.1, 0.15) is 48.0 Å². The van der Waals surface area contributed by atoms with Crippen LogP contribution in [-0.2, 0) is 9.47 Å². The van der Waals surface area contributed by atoms with Crippen molar-refractivity contribution in [2.75, 3.05) is 32.9 Å². The molecule has 0 saturated carbocycles. The van der Waals surface area contributed by atoms with Crippen LogP contribution in [0.2, 0.25) is 0 Å². The maximum Gasteiger partial charge on any atom is 0.0707 e. The van der Waals surface area contributed by atoms with Gasteiger partial charge in [-0.2, -0.15) is 0 Å². The van der Waals surface area contributed by atoms with Gasteiger partial charge in [0.05, 0.1) is 25.4 Å². The number of rotatable bonds is 9. The monoisotopic (exact) mass is 245 g/mol. The molecule has 104 valence electrons. The van der Waals surface area contributed by atoms with Crippen molar-refractivity contribution in [1.29, 1.82) is 0 Å². The second-order valence-corrected chi connectivity index (χ2v) is 6.35. The van der Waals surface area contributed by atoms with Crippen LogP contribution in [0.15, 0.2) is 0 Å². The fraction of sp³-hybridized carbons (Fsp3) is 1.00. The van der Waals surface area contributed by atoms with Crippen molar-refractivity contribution in [3.8, 4) is 0 Å². The summed E-state index contributed by atoms with van der Waals surface area (Å²) < 4.78 is 11.3. The first-order valence-corrected chi connectivity index (χ1v) is 6.69. The van der Waals surface area contributed by atoms with Gasteiger partial charge in [0.15, 0.2) is 0 Å². The molecular formula is C14H31NO2.